The Hall–Kier alpha value is -2.96. The normalized spacial score (nSPS) is 14.9. The van der Waals surface area contributed by atoms with E-state index in [-0.39, 0.29) is 17.5 Å². The van der Waals surface area contributed by atoms with Crippen molar-refractivity contribution in [1.29, 1.82) is 0 Å². The fourth-order valence-corrected chi connectivity index (χ4v) is 3.40. The van der Waals surface area contributed by atoms with Gasteiger partial charge in [-0.2, -0.15) is 4.98 Å². The summed E-state index contributed by atoms with van der Waals surface area (Å²) in [6.45, 7) is 7.29. The van der Waals surface area contributed by atoms with Crippen molar-refractivity contribution in [3.05, 3.63) is 58.5 Å². The van der Waals surface area contributed by atoms with Crippen LogP contribution in [0.4, 0.5) is 4.39 Å². The summed E-state index contributed by atoms with van der Waals surface area (Å²) in [7, 11) is 0. The number of aryl methyl sites for hydroxylation is 2. The van der Waals surface area contributed by atoms with Crippen molar-refractivity contribution in [2.24, 2.45) is 0 Å². The second kappa shape index (κ2) is 6.89. The predicted octanol–water partition coefficient (Wildman–Crippen LogP) is 4.86. The van der Waals surface area contributed by atoms with Crippen LogP contribution in [0, 0.1) is 26.6 Å². The highest BCUT2D eigenvalue weighted by atomic mass is 19.1. The molecule has 7 heteroatoms. The number of esters is 1. The first-order valence-electron chi connectivity index (χ1n) is 9.34. The fourth-order valence-electron chi connectivity index (χ4n) is 3.40. The van der Waals surface area contributed by atoms with Crippen molar-refractivity contribution in [3.63, 3.8) is 0 Å². The molecule has 0 spiro atoms. The van der Waals surface area contributed by atoms with Gasteiger partial charge in [0.15, 0.2) is 6.10 Å². The minimum Gasteiger partial charge on any atom is -0.449 e. The highest BCUT2D eigenvalue weighted by Gasteiger charge is 2.29. The molecule has 1 aliphatic carbocycles. The molecule has 0 saturated heterocycles. The number of benzene rings is 1. The van der Waals surface area contributed by atoms with E-state index in [0.29, 0.717) is 22.7 Å². The Morgan fingerprint density at radius 3 is 2.71 bits per heavy atom. The number of nitrogens with zero attached hydrogens (tertiary/aromatic N) is 3. The Morgan fingerprint density at radius 1 is 1.29 bits per heavy atom. The Labute approximate surface area is 162 Å². The van der Waals surface area contributed by atoms with Crippen LogP contribution >= 0.6 is 0 Å². The predicted molar refractivity (Wildman–Crippen MR) is 100 cm³/mol. The molecule has 4 rings (SSSR count). The molecule has 146 valence electrons. The first-order chi connectivity index (χ1) is 13.3. The van der Waals surface area contributed by atoms with Gasteiger partial charge in [-0.25, -0.2) is 9.18 Å². The standard InChI is InChI=1S/C21H22FN3O3/c1-11-5-6-15(10-18(11)22)19-23-20(28-24-19)14(4)27-21(26)17-9-12(2)25(13(17)3)16-7-8-16/h5-6,9-10,14,16H,7-8H2,1-4H3. The molecule has 0 radical (unpaired) electrons. The van der Waals surface area contributed by atoms with E-state index in [1.165, 1.54) is 6.07 Å². The molecule has 2 aromatic heterocycles. The van der Waals surface area contributed by atoms with Crippen molar-refractivity contribution in [1.82, 2.24) is 14.7 Å². The van der Waals surface area contributed by atoms with Crippen LogP contribution in [0.1, 0.15) is 65.1 Å². The summed E-state index contributed by atoms with van der Waals surface area (Å²) in [6, 6.07) is 7.08. The van der Waals surface area contributed by atoms with Gasteiger partial charge in [0.25, 0.3) is 5.89 Å². The molecule has 3 aromatic rings. The Bertz CT molecular complexity index is 1050. The zero-order chi connectivity index (χ0) is 20.0. The maximum Gasteiger partial charge on any atom is 0.340 e. The Morgan fingerprint density at radius 2 is 2.04 bits per heavy atom. The van der Waals surface area contributed by atoms with Crippen LogP contribution in [-0.2, 0) is 4.74 Å². The van der Waals surface area contributed by atoms with Crippen molar-refractivity contribution >= 4 is 5.97 Å². The number of halogens is 1. The second-order valence-corrected chi connectivity index (χ2v) is 7.35. The van der Waals surface area contributed by atoms with Crippen molar-refractivity contribution < 1.29 is 18.4 Å². The molecule has 6 nitrogen and oxygen atoms in total. The molecule has 0 bridgehead atoms. The van der Waals surface area contributed by atoms with E-state index in [0.717, 1.165) is 24.2 Å². The lowest BCUT2D eigenvalue weighted by Gasteiger charge is -2.10. The van der Waals surface area contributed by atoms with Crippen molar-refractivity contribution in [2.75, 3.05) is 0 Å². The quantitative estimate of drug-likeness (QED) is 0.589. The maximum absolute atomic E-state index is 13.8. The molecule has 1 unspecified atom stereocenters. The fraction of sp³-hybridized carbons (Fsp3) is 0.381. The lowest BCUT2D eigenvalue weighted by molar-refractivity contribution is 0.0264. The number of aromatic nitrogens is 3. The number of hydrogen-bond donors (Lipinski definition) is 0. The van der Waals surface area contributed by atoms with E-state index in [1.807, 2.05) is 19.9 Å². The number of hydrogen-bond acceptors (Lipinski definition) is 5. The van der Waals surface area contributed by atoms with Crippen LogP contribution in [0.25, 0.3) is 11.4 Å². The average molecular weight is 383 g/mol. The summed E-state index contributed by atoms with van der Waals surface area (Å²) in [5.74, 6) is -0.341. The van der Waals surface area contributed by atoms with E-state index in [1.54, 1.807) is 26.0 Å². The van der Waals surface area contributed by atoms with Crippen LogP contribution in [0.3, 0.4) is 0 Å². The van der Waals surface area contributed by atoms with Crippen LogP contribution in [-0.4, -0.2) is 20.7 Å². The summed E-state index contributed by atoms with van der Waals surface area (Å²) in [5, 5.41) is 3.88. The number of carbonyl (C=O) groups excluding carboxylic acids is 1. The highest BCUT2D eigenvalue weighted by Crippen LogP contribution is 2.38. The molecule has 0 amide bonds. The molecule has 0 aliphatic heterocycles. The van der Waals surface area contributed by atoms with Crippen LogP contribution in [0.2, 0.25) is 0 Å². The molecule has 1 atom stereocenters. The smallest absolute Gasteiger partial charge is 0.340 e. The SMILES string of the molecule is Cc1ccc(-c2noc(C(C)OC(=O)c3cc(C)n(C4CC4)c3C)n2)cc1F. The van der Waals surface area contributed by atoms with Gasteiger partial charge in [0.05, 0.1) is 5.56 Å². The molecule has 0 N–H and O–H groups in total. The summed E-state index contributed by atoms with van der Waals surface area (Å²) in [5.41, 5.74) is 3.57. The molecule has 1 aromatic carbocycles. The maximum atomic E-state index is 13.8. The van der Waals surface area contributed by atoms with Gasteiger partial charge in [-0.05, 0) is 58.2 Å². The van der Waals surface area contributed by atoms with Crippen LogP contribution < -0.4 is 0 Å². The van der Waals surface area contributed by atoms with E-state index >= 15 is 0 Å². The summed E-state index contributed by atoms with van der Waals surface area (Å²) >= 11 is 0. The van der Waals surface area contributed by atoms with Gasteiger partial charge in [-0.15, -0.1) is 0 Å². The van der Waals surface area contributed by atoms with Gasteiger partial charge in [0.2, 0.25) is 5.82 Å². The number of ether oxygens (including phenoxy) is 1. The van der Waals surface area contributed by atoms with E-state index < -0.39 is 12.1 Å². The Kier molecular flexibility index (Phi) is 4.53. The van der Waals surface area contributed by atoms with E-state index in [4.69, 9.17) is 9.26 Å². The number of carbonyl (C=O) groups is 1. The summed E-state index contributed by atoms with van der Waals surface area (Å²) in [4.78, 5) is 16.9. The van der Waals surface area contributed by atoms with Gasteiger partial charge < -0.3 is 13.8 Å². The molecular formula is C21H22FN3O3. The van der Waals surface area contributed by atoms with Gasteiger partial charge in [0, 0.05) is 23.0 Å². The summed E-state index contributed by atoms with van der Waals surface area (Å²) < 4.78 is 26.7. The molecular weight excluding hydrogens is 361 g/mol. The van der Waals surface area contributed by atoms with Gasteiger partial charge in [-0.1, -0.05) is 17.3 Å². The number of rotatable bonds is 5. The molecule has 2 heterocycles. The van der Waals surface area contributed by atoms with Crippen molar-refractivity contribution in [3.8, 4) is 11.4 Å². The third-order valence-corrected chi connectivity index (χ3v) is 5.12. The molecule has 28 heavy (non-hydrogen) atoms. The summed E-state index contributed by atoms with van der Waals surface area (Å²) in [6.07, 6.45) is 1.57. The van der Waals surface area contributed by atoms with Crippen LogP contribution in [0.5, 0.6) is 0 Å². The lowest BCUT2D eigenvalue weighted by atomic mass is 10.1. The monoisotopic (exact) mass is 383 g/mol. The van der Waals surface area contributed by atoms with Crippen LogP contribution in [0.15, 0.2) is 28.8 Å². The first kappa shape index (κ1) is 18.4. The van der Waals surface area contributed by atoms with Crippen molar-refractivity contribution in [2.45, 2.75) is 52.7 Å². The molecule has 1 fully saturated rings. The third kappa shape index (κ3) is 3.32. The third-order valence-electron chi connectivity index (χ3n) is 5.12. The first-order valence-corrected chi connectivity index (χ1v) is 9.34. The molecule has 1 saturated carbocycles. The average Bonchev–Trinajstić information content (AvgIpc) is 3.26. The largest absolute Gasteiger partial charge is 0.449 e. The molecule has 1 aliphatic rings. The zero-order valence-electron chi connectivity index (χ0n) is 16.3. The zero-order valence-corrected chi connectivity index (χ0v) is 16.3. The van der Waals surface area contributed by atoms with Gasteiger partial charge >= 0.3 is 5.97 Å². The van der Waals surface area contributed by atoms with E-state index in [9.17, 15) is 9.18 Å². The van der Waals surface area contributed by atoms with E-state index in [2.05, 4.69) is 14.7 Å². The Balaban J connectivity index is 1.50. The topological polar surface area (TPSA) is 70.2 Å². The van der Waals surface area contributed by atoms with Gasteiger partial charge in [-0.3, -0.25) is 0 Å². The lowest BCUT2D eigenvalue weighted by Crippen LogP contribution is -2.11. The van der Waals surface area contributed by atoms with Gasteiger partial charge in [0.1, 0.15) is 5.82 Å². The minimum atomic E-state index is -0.715. The minimum absolute atomic E-state index is 0.167. The second-order valence-electron chi connectivity index (χ2n) is 7.35. The highest BCUT2D eigenvalue weighted by molar-refractivity contribution is 5.91.